The number of methoxy groups -OCH3 is 1. The van der Waals surface area contributed by atoms with Crippen molar-refractivity contribution in [2.45, 2.75) is 26.2 Å². The van der Waals surface area contributed by atoms with Gasteiger partial charge < -0.3 is 14.6 Å². The Morgan fingerprint density at radius 2 is 2.11 bits per heavy atom. The molecule has 0 bridgehead atoms. The first kappa shape index (κ1) is 15.1. The van der Waals surface area contributed by atoms with Crippen LogP contribution in [0.2, 0.25) is 0 Å². The molecule has 0 amide bonds. The third-order valence-corrected chi connectivity index (χ3v) is 2.61. The molecule has 104 valence electrons. The Bertz CT molecular complexity index is 438. The van der Waals surface area contributed by atoms with Gasteiger partial charge in [0.15, 0.2) is 11.5 Å². The number of carboxylic acid groups (broad SMARTS) is 1. The Balaban J connectivity index is 2.75. The third kappa shape index (κ3) is 5.46. The van der Waals surface area contributed by atoms with E-state index in [1.807, 2.05) is 0 Å². The second kappa shape index (κ2) is 8.19. The molecule has 0 heterocycles. The summed E-state index contributed by atoms with van der Waals surface area (Å²) in [5, 5.41) is 8.60. The summed E-state index contributed by atoms with van der Waals surface area (Å²) in [6, 6.07) is 5.35. The van der Waals surface area contributed by atoms with Gasteiger partial charge in [-0.1, -0.05) is 25.8 Å². The average molecular weight is 264 g/mol. The van der Waals surface area contributed by atoms with Gasteiger partial charge in [-0.3, -0.25) is 0 Å². The number of ether oxygens (including phenoxy) is 2. The second-order valence-corrected chi connectivity index (χ2v) is 4.14. The zero-order chi connectivity index (χ0) is 14.1. The minimum Gasteiger partial charge on any atom is -0.493 e. The molecular formula is C15H20O4. The molecule has 4 heteroatoms. The van der Waals surface area contributed by atoms with E-state index in [9.17, 15) is 4.79 Å². The minimum atomic E-state index is -0.971. The molecule has 0 spiro atoms. The first-order valence-corrected chi connectivity index (χ1v) is 6.39. The van der Waals surface area contributed by atoms with Crippen molar-refractivity contribution >= 4 is 12.0 Å². The maximum Gasteiger partial charge on any atom is 0.328 e. The summed E-state index contributed by atoms with van der Waals surface area (Å²) in [5.41, 5.74) is 0.772. The highest BCUT2D eigenvalue weighted by atomic mass is 16.5. The van der Waals surface area contributed by atoms with Gasteiger partial charge in [0, 0.05) is 6.08 Å². The van der Waals surface area contributed by atoms with Crippen molar-refractivity contribution in [3.8, 4) is 11.5 Å². The number of carboxylic acids is 1. The summed E-state index contributed by atoms with van der Waals surface area (Å²) in [4.78, 5) is 10.5. The van der Waals surface area contributed by atoms with Gasteiger partial charge in [0.1, 0.15) is 0 Å². The SMILES string of the molecule is CCCCCOc1cc(/C=C/C(=O)O)ccc1OC. The topological polar surface area (TPSA) is 55.8 Å². The quantitative estimate of drug-likeness (QED) is 0.578. The number of hydrogen-bond acceptors (Lipinski definition) is 3. The van der Waals surface area contributed by atoms with Crippen LogP contribution in [0.15, 0.2) is 24.3 Å². The summed E-state index contributed by atoms with van der Waals surface area (Å²) in [6.07, 6.45) is 5.89. The molecule has 0 aromatic heterocycles. The van der Waals surface area contributed by atoms with Crippen LogP contribution in [-0.4, -0.2) is 24.8 Å². The molecule has 0 saturated carbocycles. The molecule has 0 aliphatic heterocycles. The van der Waals surface area contributed by atoms with Crippen LogP contribution in [0.4, 0.5) is 0 Å². The Morgan fingerprint density at radius 1 is 1.32 bits per heavy atom. The fourth-order valence-corrected chi connectivity index (χ4v) is 1.61. The molecule has 0 radical (unpaired) electrons. The molecule has 1 aromatic carbocycles. The van der Waals surface area contributed by atoms with Crippen LogP contribution in [0.25, 0.3) is 6.08 Å². The largest absolute Gasteiger partial charge is 0.493 e. The maximum absolute atomic E-state index is 10.5. The van der Waals surface area contributed by atoms with Crippen LogP contribution in [0.1, 0.15) is 31.7 Å². The normalized spacial score (nSPS) is 10.6. The first-order chi connectivity index (χ1) is 9.17. The van der Waals surface area contributed by atoms with Crippen molar-refractivity contribution < 1.29 is 19.4 Å². The molecule has 1 aromatic rings. The standard InChI is InChI=1S/C15H20O4/c1-3-4-5-10-19-14-11-12(7-9-15(16)17)6-8-13(14)18-2/h6-9,11H,3-5,10H2,1-2H3,(H,16,17)/b9-7+. The second-order valence-electron chi connectivity index (χ2n) is 4.14. The van der Waals surface area contributed by atoms with Crippen LogP contribution in [0, 0.1) is 0 Å². The van der Waals surface area contributed by atoms with Crippen molar-refractivity contribution in [3.05, 3.63) is 29.8 Å². The fourth-order valence-electron chi connectivity index (χ4n) is 1.61. The molecule has 19 heavy (non-hydrogen) atoms. The van der Waals surface area contributed by atoms with Crippen molar-refractivity contribution in [2.75, 3.05) is 13.7 Å². The van der Waals surface area contributed by atoms with Gasteiger partial charge in [0.2, 0.25) is 0 Å². The highest BCUT2D eigenvalue weighted by Crippen LogP contribution is 2.28. The van der Waals surface area contributed by atoms with E-state index in [0.29, 0.717) is 18.1 Å². The van der Waals surface area contributed by atoms with Gasteiger partial charge in [-0.05, 0) is 30.2 Å². The zero-order valence-corrected chi connectivity index (χ0v) is 11.4. The first-order valence-electron chi connectivity index (χ1n) is 6.39. The van der Waals surface area contributed by atoms with Gasteiger partial charge in [0.05, 0.1) is 13.7 Å². The smallest absolute Gasteiger partial charge is 0.328 e. The molecule has 1 rings (SSSR count). The lowest BCUT2D eigenvalue weighted by molar-refractivity contribution is -0.131. The van der Waals surface area contributed by atoms with E-state index in [2.05, 4.69) is 6.92 Å². The highest BCUT2D eigenvalue weighted by Gasteiger charge is 2.04. The van der Waals surface area contributed by atoms with E-state index in [-0.39, 0.29) is 0 Å². The van der Waals surface area contributed by atoms with Crippen LogP contribution >= 0.6 is 0 Å². The summed E-state index contributed by atoms with van der Waals surface area (Å²) in [7, 11) is 1.58. The molecule has 0 unspecified atom stereocenters. The summed E-state index contributed by atoms with van der Waals surface area (Å²) < 4.78 is 10.9. The fraction of sp³-hybridized carbons (Fsp3) is 0.400. The number of benzene rings is 1. The predicted molar refractivity (Wildman–Crippen MR) is 74.7 cm³/mol. The lowest BCUT2D eigenvalue weighted by Gasteiger charge is -2.11. The Labute approximate surface area is 113 Å². The summed E-state index contributed by atoms with van der Waals surface area (Å²) in [5.74, 6) is 0.330. The minimum absolute atomic E-state index is 0.635. The van der Waals surface area contributed by atoms with Crippen LogP contribution in [-0.2, 0) is 4.79 Å². The van der Waals surface area contributed by atoms with Crippen LogP contribution in [0.3, 0.4) is 0 Å². The molecule has 0 aliphatic rings. The van der Waals surface area contributed by atoms with Crippen molar-refractivity contribution in [3.63, 3.8) is 0 Å². The average Bonchev–Trinajstić information content (AvgIpc) is 2.41. The third-order valence-electron chi connectivity index (χ3n) is 2.61. The summed E-state index contributed by atoms with van der Waals surface area (Å²) >= 11 is 0. The highest BCUT2D eigenvalue weighted by molar-refractivity contribution is 5.85. The summed E-state index contributed by atoms with van der Waals surface area (Å²) in [6.45, 7) is 2.77. The monoisotopic (exact) mass is 264 g/mol. The number of aliphatic carboxylic acids is 1. The van der Waals surface area contributed by atoms with Crippen LogP contribution < -0.4 is 9.47 Å². The van der Waals surface area contributed by atoms with Crippen molar-refractivity contribution in [1.29, 1.82) is 0 Å². The molecule has 0 fully saturated rings. The van der Waals surface area contributed by atoms with Crippen molar-refractivity contribution in [2.24, 2.45) is 0 Å². The number of hydrogen-bond donors (Lipinski definition) is 1. The zero-order valence-electron chi connectivity index (χ0n) is 11.4. The van der Waals surface area contributed by atoms with Crippen LogP contribution in [0.5, 0.6) is 11.5 Å². The number of carbonyl (C=O) groups is 1. The van der Waals surface area contributed by atoms with Gasteiger partial charge in [-0.2, -0.15) is 0 Å². The molecular weight excluding hydrogens is 244 g/mol. The molecule has 0 atom stereocenters. The van der Waals surface area contributed by atoms with E-state index in [4.69, 9.17) is 14.6 Å². The van der Waals surface area contributed by atoms with E-state index in [1.165, 1.54) is 6.08 Å². The molecule has 4 nitrogen and oxygen atoms in total. The molecule has 0 aliphatic carbocycles. The molecule has 0 saturated heterocycles. The maximum atomic E-state index is 10.5. The van der Waals surface area contributed by atoms with Gasteiger partial charge in [0.25, 0.3) is 0 Å². The van der Waals surface area contributed by atoms with Gasteiger partial charge in [-0.15, -0.1) is 0 Å². The number of unbranched alkanes of at least 4 members (excludes halogenated alkanes) is 2. The van der Waals surface area contributed by atoms with Crippen molar-refractivity contribution in [1.82, 2.24) is 0 Å². The molecule has 1 N–H and O–H groups in total. The lowest BCUT2D eigenvalue weighted by atomic mass is 10.2. The van der Waals surface area contributed by atoms with E-state index >= 15 is 0 Å². The predicted octanol–water partition coefficient (Wildman–Crippen LogP) is 3.36. The Kier molecular flexibility index (Phi) is 6.50. The Hall–Kier alpha value is -1.97. The van der Waals surface area contributed by atoms with E-state index in [0.717, 1.165) is 30.9 Å². The van der Waals surface area contributed by atoms with E-state index in [1.54, 1.807) is 25.3 Å². The number of rotatable bonds is 8. The van der Waals surface area contributed by atoms with Gasteiger partial charge >= 0.3 is 5.97 Å². The Morgan fingerprint density at radius 3 is 2.74 bits per heavy atom. The van der Waals surface area contributed by atoms with Gasteiger partial charge in [-0.25, -0.2) is 4.79 Å². The lowest BCUT2D eigenvalue weighted by Crippen LogP contribution is -1.99. The van der Waals surface area contributed by atoms with E-state index < -0.39 is 5.97 Å².